The zero-order valence-electron chi connectivity index (χ0n) is 20.1. The first kappa shape index (κ1) is 26.2. The second kappa shape index (κ2) is 19.2. The van der Waals surface area contributed by atoms with Gasteiger partial charge >= 0.3 is 0 Å². The first-order valence-electron chi connectivity index (χ1n) is 13.0. The second-order valence-electron chi connectivity index (χ2n) is 8.70. The van der Waals surface area contributed by atoms with Crippen LogP contribution in [0.3, 0.4) is 0 Å². The second-order valence-corrected chi connectivity index (χ2v) is 8.70. The Labute approximate surface area is 182 Å². The van der Waals surface area contributed by atoms with Crippen LogP contribution in [0.1, 0.15) is 124 Å². The molecule has 0 saturated heterocycles. The lowest BCUT2D eigenvalue weighted by molar-refractivity contribution is 0.321. The van der Waals surface area contributed by atoms with Crippen molar-refractivity contribution in [1.29, 1.82) is 0 Å². The van der Waals surface area contributed by atoms with Crippen molar-refractivity contribution < 1.29 is 0 Å². The van der Waals surface area contributed by atoms with Crippen molar-refractivity contribution in [3.8, 4) is 0 Å². The van der Waals surface area contributed by atoms with Gasteiger partial charge in [-0.05, 0) is 70.2 Å². The van der Waals surface area contributed by atoms with E-state index in [0.29, 0.717) is 0 Å². The Balaban J connectivity index is 0.000000516. The maximum Gasteiger partial charge on any atom is 0.0631 e. The highest BCUT2D eigenvalue weighted by atomic mass is 15.3. The molecule has 0 atom stereocenters. The van der Waals surface area contributed by atoms with Crippen LogP contribution in [-0.2, 0) is 0 Å². The van der Waals surface area contributed by atoms with Crippen LogP contribution in [0.15, 0.2) is 16.8 Å². The molecule has 0 unspecified atom stereocenters. The average molecular weight is 406 g/mol. The van der Waals surface area contributed by atoms with Crippen LogP contribution in [0.2, 0.25) is 0 Å². The molecule has 0 aromatic heterocycles. The third-order valence-electron chi connectivity index (χ3n) is 6.42. The van der Waals surface area contributed by atoms with Crippen LogP contribution < -0.4 is 5.43 Å². The van der Waals surface area contributed by atoms with Gasteiger partial charge in [-0.3, -0.25) is 0 Å². The molecule has 0 aromatic carbocycles. The molecule has 29 heavy (non-hydrogen) atoms. The van der Waals surface area contributed by atoms with Crippen molar-refractivity contribution in [3.63, 3.8) is 0 Å². The van der Waals surface area contributed by atoms with E-state index < -0.39 is 0 Å². The number of hydrazone groups is 1. The first-order chi connectivity index (χ1) is 14.3. The predicted octanol–water partition coefficient (Wildman–Crippen LogP) is 7.48. The smallest absolute Gasteiger partial charge is 0.0631 e. The summed E-state index contributed by atoms with van der Waals surface area (Å²) >= 11 is 0. The van der Waals surface area contributed by atoms with Gasteiger partial charge in [-0.15, -0.1) is 0 Å². The van der Waals surface area contributed by atoms with Crippen molar-refractivity contribution in [2.24, 2.45) is 5.10 Å². The fraction of sp³-hybridized carbons (Fsp3) is 0.885. The van der Waals surface area contributed by atoms with Crippen LogP contribution in [-0.4, -0.2) is 36.8 Å². The van der Waals surface area contributed by atoms with E-state index in [1.54, 1.807) is 5.57 Å². The fourth-order valence-corrected chi connectivity index (χ4v) is 4.30. The minimum absolute atomic E-state index is 1.05. The molecule has 1 aliphatic carbocycles. The van der Waals surface area contributed by atoms with E-state index in [-0.39, 0.29) is 0 Å². The van der Waals surface area contributed by atoms with E-state index in [4.69, 9.17) is 5.10 Å². The third-order valence-corrected chi connectivity index (χ3v) is 6.42. The van der Waals surface area contributed by atoms with Gasteiger partial charge in [0.25, 0.3) is 0 Å². The normalized spacial score (nSPS) is 20.7. The molecule has 2 aliphatic rings. The van der Waals surface area contributed by atoms with Crippen molar-refractivity contribution in [3.05, 3.63) is 11.6 Å². The molecule has 0 saturated carbocycles. The standard InChI is InChI=1S/C20H36N2.C6H15N/c1-2-4-8-12-16-19(15-11-7-3-1)20-17-13-9-5-6-10-14-18-21-22-20;1-4-7(5-2)6-3/h15,21H,1-14,16-18H2;4-6H2,1-3H3. The molecule has 2 rings (SSSR count). The monoisotopic (exact) mass is 405 g/mol. The van der Waals surface area contributed by atoms with Gasteiger partial charge in [0.2, 0.25) is 0 Å². The van der Waals surface area contributed by atoms with Gasteiger partial charge < -0.3 is 10.3 Å². The van der Waals surface area contributed by atoms with E-state index in [1.807, 2.05) is 0 Å². The maximum absolute atomic E-state index is 4.80. The number of nitrogens with zero attached hydrogens (tertiary/aromatic N) is 2. The van der Waals surface area contributed by atoms with Gasteiger partial charge in [0, 0.05) is 6.54 Å². The number of rotatable bonds is 4. The van der Waals surface area contributed by atoms with E-state index in [1.165, 1.54) is 128 Å². The molecule has 3 nitrogen and oxygen atoms in total. The molecule has 0 bridgehead atoms. The summed E-state index contributed by atoms with van der Waals surface area (Å²) in [5.74, 6) is 0. The molecule has 0 fully saturated rings. The molecule has 0 spiro atoms. The van der Waals surface area contributed by atoms with Crippen LogP contribution in [0.25, 0.3) is 0 Å². The summed E-state index contributed by atoms with van der Waals surface area (Å²) < 4.78 is 0. The lowest BCUT2D eigenvalue weighted by Crippen LogP contribution is -2.21. The summed E-state index contributed by atoms with van der Waals surface area (Å²) in [4.78, 5) is 2.38. The van der Waals surface area contributed by atoms with Crippen LogP contribution in [0.5, 0.6) is 0 Å². The van der Waals surface area contributed by atoms with Crippen LogP contribution in [0, 0.1) is 0 Å². The molecular weight excluding hydrogens is 354 g/mol. The van der Waals surface area contributed by atoms with Gasteiger partial charge in [0.15, 0.2) is 0 Å². The summed E-state index contributed by atoms with van der Waals surface area (Å²) in [5.41, 5.74) is 6.29. The minimum Gasteiger partial charge on any atom is -0.310 e. The molecule has 3 heteroatoms. The number of hydrogen-bond acceptors (Lipinski definition) is 3. The summed E-state index contributed by atoms with van der Waals surface area (Å²) in [7, 11) is 0. The molecule has 1 heterocycles. The van der Waals surface area contributed by atoms with Crippen molar-refractivity contribution in [2.45, 2.75) is 124 Å². The van der Waals surface area contributed by atoms with Gasteiger partial charge in [0.1, 0.15) is 0 Å². The third kappa shape index (κ3) is 13.9. The van der Waals surface area contributed by atoms with Crippen molar-refractivity contribution in [1.82, 2.24) is 10.3 Å². The van der Waals surface area contributed by atoms with E-state index >= 15 is 0 Å². The Bertz CT molecular complexity index is 384. The Kier molecular flexibility index (Phi) is 17.3. The summed E-state index contributed by atoms with van der Waals surface area (Å²) in [6.07, 6.45) is 24.2. The van der Waals surface area contributed by atoms with Crippen molar-refractivity contribution >= 4 is 5.71 Å². The van der Waals surface area contributed by atoms with Gasteiger partial charge in [-0.2, -0.15) is 5.10 Å². The predicted molar refractivity (Wildman–Crippen MR) is 131 cm³/mol. The highest BCUT2D eigenvalue weighted by Crippen LogP contribution is 2.20. The van der Waals surface area contributed by atoms with Gasteiger partial charge in [0.05, 0.1) is 5.71 Å². The Morgan fingerprint density at radius 3 is 1.79 bits per heavy atom. The van der Waals surface area contributed by atoms with Gasteiger partial charge in [-0.1, -0.05) is 84.6 Å². The zero-order valence-corrected chi connectivity index (χ0v) is 20.1. The highest BCUT2D eigenvalue weighted by Gasteiger charge is 2.09. The molecule has 1 N–H and O–H groups in total. The first-order valence-corrected chi connectivity index (χ1v) is 13.0. The van der Waals surface area contributed by atoms with Crippen molar-refractivity contribution in [2.75, 3.05) is 26.2 Å². The quantitative estimate of drug-likeness (QED) is 0.525. The largest absolute Gasteiger partial charge is 0.310 e. The van der Waals surface area contributed by atoms with E-state index in [9.17, 15) is 0 Å². The number of hydrogen-bond donors (Lipinski definition) is 1. The molecule has 0 radical (unpaired) electrons. The minimum atomic E-state index is 1.05. The zero-order chi connectivity index (χ0) is 21.0. The highest BCUT2D eigenvalue weighted by molar-refractivity contribution is 5.99. The Morgan fingerprint density at radius 1 is 0.690 bits per heavy atom. The van der Waals surface area contributed by atoms with E-state index in [2.05, 4.69) is 37.2 Å². The van der Waals surface area contributed by atoms with Gasteiger partial charge in [-0.25, -0.2) is 0 Å². The molecule has 0 aromatic rings. The molecular formula is C26H51N3. The molecule has 170 valence electrons. The summed E-state index contributed by atoms with van der Waals surface area (Å²) in [6.45, 7) is 11.2. The average Bonchev–Trinajstić information content (AvgIpc) is 2.85. The fourth-order valence-electron chi connectivity index (χ4n) is 4.30. The van der Waals surface area contributed by atoms with Crippen LogP contribution >= 0.6 is 0 Å². The Hall–Kier alpha value is -0.830. The molecule has 0 amide bonds. The number of nitrogens with one attached hydrogen (secondary N) is 1. The van der Waals surface area contributed by atoms with Crippen LogP contribution in [0.4, 0.5) is 0 Å². The molecule has 1 aliphatic heterocycles. The SMILES string of the molecule is C1=C(C2=NNCCCCCCCC2)CCCCCCCCC1.CCN(CC)CC. The van der Waals surface area contributed by atoms with E-state index in [0.717, 1.165) is 6.54 Å². The number of allylic oxidation sites excluding steroid dienone is 2. The summed E-state index contributed by atoms with van der Waals surface area (Å²) in [6, 6.07) is 0. The topological polar surface area (TPSA) is 27.6 Å². The lowest BCUT2D eigenvalue weighted by atomic mass is 9.97. The maximum atomic E-state index is 4.80. The summed E-state index contributed by atoms with van der Waals surface area (Å²) in [5, 5.41) is 4.80. The lowest BCUT2D eigenvalue weighted by Gasteiger charge is -2.13. The Morgan fingerprint density at radius 2 is 1.21 bits per heavy atom.